The first-order chi connectivity index (χ1) is 8.78. The Labute approximate surface area is 108 Å². The number of benzene rings is 1. The van der Waals surface area contributed by atoms with Crippen molar-refractivity contribution in [2.75, 3.05) is 20.8 Å². The SMILES string of the molecule is COc1ccc(CN2CCCC2C#N)cc1OC. The van der Waals surface area contributed by atoms with Gasteiger partial charge in [-0.1, -0.05) is 6.07 Å². The molecule has 1 aromatic carbocycles. The van der Waals surface area contributed by atoms with Gasteiger partial charge in [0.2, 0.25) is 0 Å². The molecule has 0 amide bonds. The highest BCUT2D eigenvalue weighted by Crippen LogP contribution is 2.29. The molecule has 0 N–H and O–H groups in total. The van der Waals surface area contributed by atoms with Crippen molar-refractivity contribution < 1.29 is 9.47 Å². The molecule has 96 valence electrons. The molecule has 1 unspecified atom stereocenters. The highest BCUT2D eigenvalue weighted by Gasteiger charge is 2.24. The first kappa shape index (κ1) is 12.7. The number of likely N-dealkylation sites (tertiary alicyclic amines) is 1. The molecule has 1 heterocycles. The van der Waals surface area contributed by atoms with Gasteiger partial charge in [-0.25, -0.2) is 0 Å². The van der Waals surface area contributed by atoms with Gasteiger partial charge in [0.25, 0.3) is 0 Å². The average Bonchev–Trinajstić information content (AvgIpc) is 2.85. The summed E-state index contributed by atoms with van der Waals surface area (Å²) in [6.45, 7) is 1.78. The van der Waals surface area contributed by atoms with Crippen molar-refractivity contribution in [1.29, 1.82) is 5.26 Å². The van der Waals surface area contributed by atoms with E-state index in [1.54, 1.807) is 14.2 Å². The number of methoxy groups -OCH3 is 2. The summed E-state index contributed by atoms with van der Waals surface area (Å²) < 4.78 is 10.5. The van der Waals surface area contributed by atoms with Crippen LogP contribution in [0.3, 0.4) is 0 Å². The molecule has 1 aliphatic rings. The molecule has 1 aromatic rings. The van der Waals surface area contributed by atoms with Crippen LogP contribution in [0.5, 0.6) is 11.5 Å². The van der Waals surface area contributed by atoms with E-state index in [0.717, 1.165) is 43.0 Å². The average molecular weight is 246 g/mol. The lowest BCUT2D eigenvalue weighted by Crippen LogP contribution is -2.27. The Balaban J connectivity index is 2.12. The lowest BCUT2D eigenvalue weighted by molar-refractivity contribution is 0.285. The van der Waals surface area contributed by atoms with Crippen molar-refractivity contribution in [3.8, 4) is 17.6 Å². The van der Waals surface area contributed by atoms with Gasteiger partial charge in [-0.3, -0.25) is 4.90 Å². The third kappa shape index (κ3) is 2.57. The zero-order valence-corrected chi connectivity index (χ0v) is 10.8. The van der Waals surface area contributed by atoms with E-state index in [1.807, 2.05) is 18.2 Å². The predicted molar refractivity (Wildman–Crippen MR) is 68.6 cm³/mol. The van der Waals surface area contributed by atoms with Crippen LogP contribution in [-0.4, -0.2) is 31.7 Å². The van der Waals surface area contributed by atoms with Crippen LogP contribution in [0.4, 0.5) is 0 Å². The largest absolute Gasteiger partial charge is 0.493 e. The zero-order chi connectivity index (χ0) is 13.0. The fourth-order valence-electron chi connectivity index (χ4n) is 2.38. The molecule has 2 rings (SSSR count). The summed E-state index contributed by atoms with van der Waals surface area (Å²) in [4.78, 5) is 2.21. The van der Waals surface area contributed by atoms with Gasteiger partial charge >= 0.3 is 0 Å². The normalized spacial score (nSPS) is 19.5. The lowest BCUT2D eigenvalue weighted by Gasteiger charge is -2.19. The smallest absolute Gasteiger partial charge is 0.161 e. The lowest BCUT2D eigenvalue weighted by atomic mass is 10.1. The van der Waals surface area contributed by atoms with Gasteiger partial charge in [-0.15, -0.1) is 0 Å². The van der Waals surface area contributed by atoms with Crippen molar-refractivity contribution >= 4 is 0 Å². The van der Waals surface area contributed by atoms with Crippen molar-refractivity contribution in [1.82, 2.24) is 4.90 Å². The summed E-state index contributed by atoms with van der Waals surface area (Å²) in [5.41, 5.74) is 1.15. The highest BCUT2D eigenvalue weighted by molar-refractivity contribution is 5.42. The molecule has 1 atom stereocenters. The summed E-state index contributed by atoms with van der Waals surface area (Å²) in [5.74, 6) is 1.47. The minimum atomic E-state index is 0.0538. The molecule has 0 spiro atoms. The van der Waals surface area contributed by atoms with Crippen LogP contribution in [0.25, 0.3) is 0 Å². The van der Waals surface area contributed by atoms with E-state index >= 15 is 0 Å². The van der Waals surface area contributed by atoms with E-state index in [1.165, 1.54) is 0 Å². The summed E-state index contributed by atoms with van der Waals surface area (Å²) in [6, 6.07) is 8.32. The monoisotopic (exact) mass is 246 g/mol. The number of nitrogens with zero attached hydrogens (tertiary/aromatic N) is 2. The van der Waals surface area contributed by atoms with Crippen LogP contribution in [0.2, 0.25) is 0 Å². The molecule has 0 aliphatic carbocycles. The summed E-state index contributed by atoms with van der Waals surface area (Å²) >= 11 is 0. The molecule has 18 heavy (non-hydrogen) atoms. The van der Waals surface area contributed by atoms with E-state index in [2.05, 4.69) is 11.0 Å². The van der Waals surface area contributed by atoms with Crippen LogP contribution in [0, 0.1) is 11.3 Å². The number of nitriles is 1. The highest BCUT2D eigenvalue weighted by atomic mass is 16.5. The van der Waals surface area contributed by atoms with E-state index in [9.17, 15) is 0 Å². The van der Waals surface area contributed by atoms with E-state index in [-0.39, 0.29) is 6.04 Å². The van der Waals surface area contributed by atoms with Crippen LogP contribution in [-0.2, 0) is 6.54 Å². The Morgan fingerprint density at radius 2 is 2.11 bits per heavy atom. The van der Waals surface area contributed by atoms with Crippen LogP contribution in [0.15, 0.2) is 18.2 Å². The van der Waals surface area contributed by atoms with Crippen LogP contribution in [0.1, 0.15) is 18.4 Å². The molecule has 0 aromatic heterocycles. The Bertz CT molecular complexity index is 454. The van der Waals surface area contributed by atoms with Gasteiger partial charge in [0.05, 0.1) is 26.3 Å². The molecule has 4 heteroatoms. The maximum absolute atomic E-state index is 9.06. The quantitative estimate of drug-likeness (QED) is 0.817. The fourth-order valence-corrected chi connectivity index (χ4v) is 2.38. The number of hydrogen-bond donors (Lipinski definition) is 0. The van der Waals surface area contributed by atoms with E-state index in [0.29, 0.717) is 0 Å². The first-order valence-electron chi connectivity index (χ1n) is 6.13. The topological polar surface area (TPSA) is 45.5 Å². The van der Waals surface area contributed by atoms with E-state index in [4.69, 9.17) is 14.7 Å². The van der Waals surface area contributed by atoms with Gasteiger partial charge in [-0.05, 0) is 37.1 Å². The molecule has 0 bridgehead atoms. The second-order valence-corrected chi connectivity index (χ2v) is 4.45. The van der Waals surface area contributed by atoms with Crippen LogP contribution >= 0.6 is 0 Å². The number of hydrogen-bond acceptors (Lipinski definition) is 4. The van der Waals surface area contributed by atoms with Crippen molar-refractivity contribution in [3.05, 3.63) is 23.8 Å². The molecule has 1 fully saturated rings. The van der Waals surface area contributed by atoms with Crippen molar-refractivity contribution in [2.24, 2.45) is 0 Å². The molecule has 0 radical (unpaired) electrons. The second kappa shape index (κ2) is 5.74. The minimum Gasteiger partial charge on any atom is -0.493 e. The third-order valence-electron chi connectivity index (χ3n) is 3.35. The molecule has 0 saturated carbocycles. The van der Waals surface area contributed by atoms with Crippen molar-refractivity contribution in [3.63, 3.8) is 0 Å². The predicted octanol–water partition coefficient (Wildman–Crippen LogP) is 2.19. The first-order valence-corrected chi connectivity index (χ1v) is 6.13. The van der Waals surface area contributed by atoms with Gasteiger partial charge in [0.15, 0.2) is 11.5 Å². The number of ether oxygens (including phenoxy) is 2. The summed E-state index contributed by atoms with van der Waals surface area (Å²) in [7, 11) is 3.26. The fraction of sp³-hybridized carbons (Fsp3) is 0.500. The van der Waals surface area contributed by atoms with Gasteiger partial charge < -0.3 is 9.47 Å². The molecular formula is C14H18N2O2. The zero-order valence-electron chi connectivity index (χ0n) is 10.8. The van der Waals surface area contributed by atoms with Gasteiger partial charge in [-0.2, -0.15) is 5.26 Å². The minimum absolute atomic E-state index is 0.0538. The summed E-state index contributed by atoms with van der Waals surface area (Å²) in [5, 5.41) is 9.06. The Hall–Kier alpha value is -1.73. The number of rotatable bonds is 4. The standard InChI is InChI=1S/C14H18N2O2/c1-17-13-6-5-11(8-14(13)18-2)10-16-7-3-4-12(16)9-15/h5-6,8,12H,3-4,7,10H2,1-2H3. The molecule has 1 saturated heterocycles. The Morgan fingerprint density at radius 3 is 2.78 bits per heavy atom. The Kier molecular flexibility index (Phi) is 4.06. The van der Waals surface area contributed by atoms with Gasteiger partial charge in [0, 0.05) is 6.54 Å². The molecule has 1 aliphatic heterocycles. The van der Waals surface area contributed by atoms with Crippen LogP contribution < -0.4 is 9.47 Å². The maximum atomic E-state index is 9.06. The Morgan fingerprint density at radius 1 is 1.33 bits per heavy atom. The van der Waals surface area contributed by atoms with Gasteiger partial charge in [0.1, 0.15) is 0 Å². The summed E-state index contributed by atoms with van der Waals surface area (Å²) in [6.07, 6.45) is 2.08. The molecule has 4 nitrogen and oxygen atoms in total. The maximum Gasteiger partial charge on any atom is 0.161 e. The van der Waals surface area contributed by atoms with E-state index < -0.39 is 0 Å². The molecular weight excluding hydrogens is 228 g/mol. The second-order valence-electron chi connectivity index (χ2n) is 4.45. The third-order valence-corrected chi connectivity index (χ3v) is 3.35. The van der Waals surface area contributed by atoms with Crippen molar-refractivity contribution in [2.45, 2.75) is 25.4 Å².